The Bertz CT molecular complexity index is 764. The van der Waals surface area contributed by atoms with Gasteiger partial charge in [0.05, 0.1) is 12.7 Å². The first-order chi connectivity index (χ1) is 12.5. The van der Waals surface area contributed by atoms with E-state index in [1.165, 1.54) is 0 Å². The highest BCUT2D eigenvalue weighted by Crippen LogP contribution is 2.27. The number of hydrogen-bond donors (Lipinski definition) is 0. The number of likely N-dealkylation sites (tertiary alicyclic amines) is 1. The first-order valence-corrected chi connectivity index (χ1v) is 9.51. The summed E-state index contributed by atoms with van der Waals surface area (Å²) in [5, 5.41) is 0.547. The molecule has 1 aliphatic rings. The van der Waals surface area contributed by atoms with E-state index in [0.717, 1.165) is 38.3 Å². The van der Waals surface area contributed by atoms with Crippen molar-refractivity contribution >= 4 is 17.5 Å². The average molecular weight is 376 g/mol. The second-order valence-corrected chi connectivity index (χ2v) is 7.61. The second kappa shape index (κ2) is 8.12. The smallest absolute Gasteiger partial charge is 0.257 e. The van der Waals surface area contributed by atoms with Gasteiger partial charge < -0.3 is 14.2 Å². The summed E-state index contributed by atoms with van der Waals surface area (Å²) < 4.78 is 7.58. The molecule has 0 bridgehead atoms. The summed E-state index contributed by atoms with van der Waals surface area (Å²) >= 11 is 6.06. The van der Waals surface area contributed by atoms with Crippen molar-refractivity contribution in [3.05, 3.63) is 47.0 Å². The Morgan fingerprint density at radius 2 is 2.08 bits per heavy atom. The van der Waals surface area contributed by atoms with Gasteiger partial charge in [-0.15, -0.1) is 0 Å². The molecule has 26 heavy (non-hydrogen) atoms. The minimum atomic E-state index is -0.00620. The molecular weight excluding hydrogens is 350 g/mol. The molecule has 0 atom stereocenters. The van der Waals surface area contributed by atoms with Crippen LogP contribution in [-0.2, 0) is 6.54 Å². The molecule has 2 aromatic rings. The molecule has 6 heteroatoms. The summed E-state index contributed by atoms with van der Waals surface area (Å²) in [5.41, 5.74) is 0.537. The van der Waals surface area contributed by atoms with Crippen LogP contribution in [-0.4, -0.2) is 40.6 Å². The molecule has 0 saturated carbocycles. The number of ether oxygens (including phenoxy) is 1. The molecule has 1 aromatic heterocycles. The van der Waals surface area contributed by atoms with E-state index in [1.807, 2.05) is 11.1 Å². The number of nitrogens with zero attached hydrogens (tertiary/aromatic N) is 3. The van der Waals surface area contributed by atoms with Crippen molar-refractivity contribution in [3.8, 4) is 5.75 Å². The molecule has 0 aliphatic carbocycles. The van der Waals surface area contributed by atoms with Crippen molar-refractivity contribution in [2.45, 2.75) is 39.2 Å². The van der Waals surface area contributed by atoms with Gasteiger partial charge >= 0.3 is 0 Å². The molecule has 1 amide bonds. The van der Waals surface area contributed by atoms with Crippen molar-refractivity contribution in [1.29, 1.82) is 0 Å². The highest BCUT2D eigenvalue weighted by atomic mass is 35.5. The SMILES string of the molecule is COc1ccc(Cl)cc1C(=O)N1CCC(Cn2ccnc2C(C)C)CC1. The number of methoxy groups -OCH3 is 1. The molecule has 1 aromatic carbocycles. The maximum atomic E-state index is 12.9. The molecule has 1 saturated heterocycles. The zero-order valence-corrected chi connectivity index (χ0v) is 16.4. The van der Waals surface area contributed by atoms with Gasteiger partial charge in [-0.05, 0) is 37.0 Å². The lowest BCUT2D eigenvalue weighted by molar-refractivity contribution is 0.0679. The average Bonchev–Trinajstić information content (AvgIpc) is 3.10. The summed E-state index contributed by atoms with van der Waals surface area (Å²) in [5.74, 6) is 2.68. The second-order valence-electron chi connectivity index (χ2n) is 7.17. The van der Waals surface area contributed by atoms with E-state index in [4.69, 9.17) is 16.3 Å². The molecule has 2 heterocycles. The van der Waals surface area contributed by atoms with Gasteiger partial charge in [0.15, 0.2) is 0 Å². The van der Waals surface area contributed by atoms with E-state index in [0.29, 0.717) is 28.2 Å². The van der Waals surface area contributed by atoms with Gasteiger partial charge in [-0.25, -0.2) is 4.98 Å². The fraction of sp³-hybridized carbons (Fsp3) is 0.500. The van der Waals surface area contributed by atoms with Crippen LogP contribution in [0.5, 0.6) is 5.75 Å². The maximum Gasteiger partial charge on any atom is 0.257 e. The molecule has 1 aliphatic heterocycles. The highest BCUT2D eigenvalue weighted by Gasteiger charge is 2.26. The first-order valence-electron chi connectivity index (χ1n) is 9.13. The van der Waals surface area contributed by atoms with Crippen LogP contribution in [0.1, 0.15) is 48.8 Å². The Morgan fingerprint density at radius 1 is 1.35 bits per heavy atom. The van der Waals surface area contributed by atoms with E-state index < -0.39 is 0 Å². The molecule has 0 radical (unpaired) electrons. The molecular formula is C20H26ClN3O2. The highest BCUT2D eigenvalue weighted by molar-refractivity contribution is 6.31. The van der Waals surface area contributed by atoms with Crippen LogP contribution in [0.15, 0.2) is 30.6 Å². The van der Waals surface area contributed by atoms with Gasteiger partial charge in [0.25, 0.3) is 5.91 Å². The van der Waals surface area contributed by atoms with Crippen LogP contribution in [0.4, 0.5) is 0 Å². The Balaban J connectivity index is 1.62. The zero-order valence-electron chi connectivity index (χ0n) is 15.6. The number of imidazole rings is 1. The Morgan fingerprint density at radius 3 is 2.73 bits per heavy atom. The topological polar surface area (TPSA) is 47.4 Å². The predicted octanol–water partition coefficient (Wildman–Crippen LogP) is 4.22. The number of piperidine rings is 1. The monoisotopic (exact) mass is 375 g/mol. The van der Waals surface area contributed by atoms with Crippen molar-refractivity contribution < 1.29 is 9.53 Å². The van der Waals surface area contributed by atoms with Gasteiger partial charge in [0.2, 0.25) is 0 Å². The minimum absolute atomic E-state index is 0.00620. The molecule has 0 spiro atoms. The summed E-state index contributed by atoms with van der Waals surface area (Å²) in [7, 11) is 1.57. The van der Waals surface area contributed by atoms with Crippen molar-refractivity contribution in [1.82, 2.24) is 14.5 Å². The summed E-state index contributed by atoms with van der Waals surface area (Å²) in [6.45, 7) is 6.81. The van der Waals surface area contributed by atoms with Gasteiger partial charge in [-0.2, -0.15) is 0 Å². The molecule has 3 rings (SSSR count). The minimum Gasteiger partial charge on any atom is -0.496 e. The quantitative estimate of drug-likeness (QED) is 0.786. The van der Waals surface area contributed by atoms with Crippen LogP contribution in [0.3, 0.4) is 0 Å². The lowest BCUT2D eigenvalue weighted by Crippen LogP contribution is -2.39. The number of hydrogen-bond acceptors (Lipinski definition) is 3. The van der Waals surface area contributed by atoms with Gasteiger partial charge in [0.1, 0.15) is 11.6 Å². The van der Waals surface area contributed by atoms with E-state index in [2.05, 4.69) is 29.6 Å². The fourth-order valence-electron chi connectivity index (χ4n) is 3.59. The van der Waals surface area contributed by atoms with E-state index in [1.54, 1.807) is 25.3 Å². The number of carbonyl (C=O) groups is 1. The van der Waals surface area contributed by atoms with Crippen LogP contribution in [0, 0.1) is 5.92 Å². The summed E-state index contributed by atoms with van der Waals surface area (Å²) in [6, 6.07) is 5.17. The van der Waals surface area contributed by atoms with E-state index in [9.17, 15) is 4.79 Å². The normalized spacial score (nSPS) is 15.5. The predicted molar refractivity (Wildman–Crippen MR) is 103 cm³/mol. The van der Waals surface area contributed by atoms with Crippen molar-refractivity contribution in [2.24, 2.45) is 5.92 Å². The number of rotatable bonds is 5. The van der Waals surface area contributed by atoms with Gasteiger partial charge in [-0.3, -0.25) is 4.79 Å². The number of aromatic nitrogens is 2. The third-order valence-corrected chi connectivity index (χ3v) is 5.25. The number of carbonyl (C=O) groups excluding carboxylic acids is 1. The first kappa shape index (κ1) is 18.8. The Hall–Kier alpha value is -2.01. The Kier molecular flexibility index (Phi) is 5.87. The number of amides is 1. The lowest BCUT2D eigenvalue weighted by Gasteiger charge is -2.33. The number of benzene rings is 1. The van der Waals surface area contributed by atoms with Crippen molar-refractivity contribution in [2.75, 3.05) is 20.2 Å². The standard InChI is InChI=1S/C20H26ClN3O2/c1-14(2)19-22-8-11-24(19)13-15-6-9-23(10-7-15)20(25)17-12-16(21)4-5-18(17)26-3/h4-5,8,11-12,14-15H,6-7,9-10,13H2,1-3H3. The van der Waals surface area contributed by atoms with Gasteiger partial charge in [0, 0.05) is 43.0 Å². The molecule has 5 nitrogen and oxygen atoms in total. The van der Waals surface area contributed by atoms with Crippen LogP contribution < -0.4 is 4.74 Å². The zero-order chi connectivity index (χ0) is 18.7. The summed E-state index contributed by atoms with van der Waals surface area (Å²) in [4.78, 5) is 19.2. The molecule has 0 unspecified atom stereocenters. The van der Waals surface area contributed by atoms with E-state index >= 15 is 0 Å². The van der Waals surface area contributed by atoms with Crippen molar-refractivity contribution in [3.63, 3.8) is 0 Å². The largest absolute Gasteiger partial charge is 0.496 e. The van der Waals surface area contributed by atoms with Crippen LogP contribution in [0.25, 0.3) is 0 Å². The van der Waals surface area contributed by atoms with Crippen LogP contribution >= 0.6 is 11.6 Å². The third kappa shape index (κ3) is 4.04. The fourth-order valence-corrected chi connectivity index (χ4v) is 3.76. The molecule has 0 N–H and O–H groups in total. The summed E-state index contributed by atoms with van der Waals surface area (Å²) in [6.07, 6.45) is 5.91. The van der Waals surface area contributed by atoms with Gasteiger partial charge in [-0.1, -0.05) is 25.4 Å². The maximum absolute atomic E-state index is 12.9. The van der Waals surface area contributed by atoms with Crippen LogP contribution in [0.2, 0.25) is 5.02 Å². The Labute approximate surface area is 159 Å². The third-order valence-electron chi connectivity index (χ3n) is 5.01. The van der Waals surface area contributed by atoms with E-state index in [-0.39, 0.29) is 5.91 Å². The number of halogens is 1. The lowest BCUT2D eigenvalue weighted by atomic mass is 9.96. The molecule has 140 valence electrons. The molecule has 1 fully saturated rings.